The van der Waals surface area contributed by atoms with E-state index in [-0.39, 0.29) is 0 Å². The minimum atomic E-state index is 0.328. The van der Waals surface area contributed by atoms with Crippen molar-refractivity contribution >= 4 is 0 Å². The first-order valence-electron chi connectivity index (χ1n) is 8.80. The topological polar surface area (TPSA) is 21.3 Å². The molecule has 2 aromatic rings. The van der Waals surface area contributed by atoms with Crippen LogP contribution in [0.2, 0.25) is 0 Å². The van der Waals surface area contributed by atoms with Crippen LogP contribution in [0.5, 0.6) is 5.75 Å². The van der Waals surface area contributed by atoms with Gasteiger partial charge < -0.3 is 10.1 Å². The molecule has 0 aliphatic heterocycles. The molecule has 1 unspecified atom stereocenters. The highest BCUT2D eigenvalue weighted by molar-refractivity contribution is 5.33. The second-order valence-electron chi connectivity index (χ2n) is 6.03. The molecule has 0 aliphatic carbocycles. The molecule has 0 saturated heterocycles. The van der Waals surface area contributed by atoms with Gasteiger partial charge in [-0.25, -0.2) is 0 Å². The van der Waals surface area contributed by atoms with Crippen molar-refractivity contribution in [1.29, 1.82) is 0 Å². The highest BCUT2D eigenvalue weighted by atomic mass is 16.5. The van der Waals surface area contributed by atoms with Crippen molar-refractivity contribution in [3.8, 4) is 5.75 Å². The molecule has 2 rings (SSSR count). The third kappa shape index (κ3) is 6.07. The quantitative estimate of drug-likeness (QED) is 0.585. The van der Waals surface area contributed by atoms with Gasteiger partial charge in [0.25, 0.3) is 0 Å². The van der Waals surface area contributed by atoms with E-state index >= 15 is 0 Å². The summed E-state index contributed by atoms with van der Waals surface area (Å²) in [5.74, 6) is 1.01. The van der Waals surface area contributed by atoms with E-state index in [4.69, 9.17) is 4.74 Å². The van der Waals surface area contributed by atoms with Gasteiger partial charge in [-0.05, 0) is 25.0 Å². The molecule has 0 saturated carbocycles. The summed E-state index contributed by atoms with van der Waals surface area (Å²) in [5, 5.41) is 3.59. The lowest BCUT2D eigenvalue weighted by atomic mass is 10.1. The van der Waals surface area contributed by atoms with Gasteiger partial charge in [-0.1, -0.05) is 74.7 Å². The summed E-state index contributed by atoms with van der Waals surface area (Å²) in [6, 6.07) is 19.2. The lowest BCUT2D eigenvalue weighted by Crippen LogP contribution is -2.18. The Morgan fingerprint density at radius 2 is 1.65 bits per heavy atom. The average molecular weight is 311 g/mol. The molecule has 1 N–H and O–H groups in total. The average Bonchev–Trinajstić information content (AvgIpc) is 2.61. The van der Waals surface area contributed by atoms with Gasteiger partial charge in [0.05, 0.1) is 6.61 Å². The SMILES string of the molecule is CCCCCCOc1ccccc1CNC(C)c1ccccc1. The van der Waals surface area contributed by atoms with Gasteiger partial charge in [-0.15, -0.1) is 0 Å². The summed E-state index contributed by atoms with van der Waals surface area (Å²) in [6.07, 6.45) is 4.94. The van der Waals surface area contributed by atoms with Crippen LogP contribution in [0.25, 0.3) is 0 Å². The van der Waals surface area contributed by atoms with E-state index in [1.807, 2.05) is 6.07 Å². The van der Waals surface area contributed by atoms with Crippen molar-refractivity contribution in [3.63, 3.8) is 0 Å². The Balaban J connectivity index is 1.85. The molecule has 0 bridgehead atoms. The maximum Gasteiger partial charge on any atom is 0.123 e. The fourth-order valence-electron chi connectivity index (χ4n) is 2.62. The summed E-state index contributed by atoms with van der Waals surface area (Å²) in [7, 11) is 0. The fourth-order valence-corrected chi connectivity index (χ4v) is 2.62. The lowest BCUT2D eigenvalue weighted by molar-refractivity contribution is 0.301. The molecule has 0 spiro atoms. The molecule has 124 valence electrons. The number of ether oxygens (including phenoxy) is 1. The Bertz CT molecular complexity index is 553. The van der Waals surface area contributed by atoms with Crippen LogP contribution in [0, 0.1) is 0 Å². The summed E-state index contributed by atoms with van der Waals surface area (Å²) in [6.45, 7) is 6.06. The van der Waals surface area contributed by atoms with Crippen LogP contribution in [-0.4, -0.2) is 6.61 Å². The molecule has 0 fully saturated rings. The third-order valence-electron chi connectivity index (χ3n) is 4.13. The number of hydrogen-bond donors (Lipinski definition) is 1. The standard InChI is InChI=1S/C21H29NO/c1-3-4-5-11-16-23-21-15-10-9-14-20(21)17-22-18(2)19-12-7-6-8-13-19/h6-10,12-15,18,22H,3-5,11,16-17H2,1-2H3. The molecule has 2 heteroatoms. The summed E-state index contributed by atoms with van der Waals surface area (Å²) in [4.78, 5) is 0. The minimum absolute atomic E-state index is 0.328. The molecule has 1 atom stereocenters. The molecule has 0 aromatic heterocycles. The van der Waals surface area contributed by atoms with Gasteiger partial charge in [0.15, 0.2) is 0 Å². The molecule has 0 amide bonds. The number of rotatable bonds is 10. The first-order chi connectivity index (χ1) is 11.3. The van der Waals surface area contributed by atoms with E-state index in [2.05, 4.69) is 67.7 Å². The number of unbranched alkanes of at least 4 members (excludes halogenated alkanes) is 3. The minimum Gasteiger partial charge on any atom is -0.493 e. The van der Waals surface area contributed by atoms with Crippen LogP contribution in [0.4, 0.5) is 0 Å². The molecule has 0 heterocycles. The first-order valence-corrected chi connectivity index (χ1v) is 8.80. The van der Waals surface area contributed by atoms with E-state index in [0.717, 1.165) is 25.3 Å². The first kappa shape index (κ1) is 17.6. The molecular weight excluding hydrogens is 282 g/mol. The van der Waals surface area contributed by atoms with Crippen molar-refractivity contribution in [2.75, 3.05) is 6.61 Å². The zero-order chi connectivity index (χ0) is 16.3. The second-order valence-corrected chi connectivity index (χ2v) is 6.03. The van der Waals surface area contributed by atoms with Crippen molar-refractivity contribution in [3.05, 3.63) is 65.7 Å². The van der Waals surface area contributed by atoms with Crippen LogP contribution in [0.3, 0.4) is 0 Å². The Labute approximate surface area is 140 Å². The summed E-state index contributed by atoms with van der Waals surface area (Å²) < 4.78 is 5.98. The van der Waals surface area contributed by atoms with E-state index in [1.165, 1.54) is 30.4 Å². The molecular formula is C21H29NO. The van der Waals surface area contributed by atoms with Gasteiger partial charge >= 0.3 is 0 Å². The number of para-hydroxylation sites is 1. The van der Waals surface area contributed by atoms with Crippen LogP contribution in [0.15, 0.2) is 54.6 Å². The van der Waals surface area contributed by atoms with Crippen LogP contribution in [0.1, 0.15) is 56.7 Å². The van der Waals surface area contributed by atoms with Crippen LogP contribution < -0.4 is 10.1 Å². The normalized spacial score (nSPS) is 12.1. The zero-order valence-corrected chi connectivity index (χ0v) is 14.4. The van der Waals surface area contributed by atoms with E-state index in [9.17, 15) is 0 Å². The largest absolute Gasteiger partial charge is 0.493 e. The predicted molar refractivity (Wildman–Crippen MR) is 97.8 cm³/mol. The van der Waals surface area contributed by atoms with E-state index in [0.29, 0.717) is 6.04 Å². The highest BCUT2D eigenvalue weighted by Crippen LogP contribution is 2.20. The summed E-state index contributed by atoms with van der Waals surface area (Å²) in [5.41, 5.74) is 2.54. The Morgan fingerprint density at radius 3 is 2.43 bits per heavy atom. The number of hydrogen-bond acceptors (Lipinski definition) is 2. The lowest BCUT2D eigenvalue weighted by Gasteiger charge is -2.16. The van der Waals surface area contributed by atoms with Crippen molar-refractivity contribution in [1.82, 2.24) is 5.32 Å². The van der Waals surface area contributed by atoms with Crippen LogP contribution in [-0.2, 0) is 6.54 Å². The Hall–Kier alpha value is -1.80. The molecule has 2 nitrogen and oxygen atoms in total. The van der Waals surface area contributed by atoms with Gasteiger partial charge in [-0.3, -0.25) is 0 Å². The van der Waals surface area contributed by atoms with E-state index < -0.39 is 0 Å². The third-order valence-corrected chi connectivity index (χ3v) is 4.13. The van der Waals surface area contributed by atoms with Gasteiger partial charge in [-0.2, -0.15) is 0 Å². The molecule has 0 radical (unpaired) electrons. The zero-order valence-electron chi connectivity index (χ0n) is 14.4. The highest BCUT2D eigenvalue weighted by Gasteiger charge is 2.07. The van der Waals surface area contributed by atoms with E-state index in [1.54, 1.807) is 0 Å². The van der Waals surface area contributed by atoms with Gasteiger partial charge in [0.2, 0.25) is 0 Å². The Kier molecular flexibility index (Phi) is 7.68. The second kappa shape index (κ2) is 10.1. The van der Waals surface area contributed by atoms with Crippen molar-refractivity contribution < 1.29 is 4.74 Å². The van der Waals surface area contributed by atoms with Gasteiger partial charge in [0.1, 0.15) is 5.75 Å². The molecule has 2 aromatic carbocycles. The van der Waals surface area contributed by atoms with Crippen molar-refractivity contribution in [2.24, 2.45) is 0 Å². The Morgan fingerprint density at radius 1 is 0.913 bits per heavy atom. The number of benzene rings is 2. The number of nitrogens with one attached hydrogen (secondary N) is 1. The fraction of sp³-hybridized carbons (Fsp3) is 0.429. The molecule has 23 heavy (non-hydrogen) atoms. The van der Waals surface area contributed by atoms with Gasteiger partial charge in [0, 0.05) is 18.2 Å². The monoisotopic (exact) mass is 311 g/mol. The maximum atomic E-state index is 5.98. The van der Waals surface area contributed by atoms with Crippen molar-refractivity contribution in [2.45, 2.75) is 52.1 Å². The summed E-state index contributed by atoms with van der Waals surface area (Å²) >= 11 is 0. The maximum absolute atomic E-state index is 5.98. The molecule has 0 aliphatic rings. The predicted octanol–water partition coefficient (Wildman–Crippen LogP) is 5.50. The van der Waals surface area contributed by atoms with Crippen LogP contribution >= 0.6 is 0 Å². The smallest absolute Gasteiger partial charge is 0.123 e.